The fourth-order valence-electron chi connectivity index (χ4n) is 3.51. The fourth-order valence-corrected chi connectivity index (χ4v) is 4.72. The average molecular weight is 471 g/mol. The summed E-state index contributed by atoms with van der Waals surface area (Å²) >= 11 is 0. The van der Waals surface area contributed by atoms with E-state index >= 15 is 0 Å². The van der Waals surface area contributed by atoms with Crippen molar-refractivity contribution in [1.29, 1.82) is 0 Å². The SMILES string of the molecule is C[C@H](NS(=O)(=O)c1ccc2c(c1)OCCCO2)C(=O)N(C)Cc1cnn(-c2ccccc2)c1. The Kier molecular flexibility index (Phi) is 6.66. The van der Waals surface area contributed by atoms with Crippen molar-refractivity contribution in [2.45, 2.75) is 30.8 Å². The Bertz CT molecular complexity index is 1230. The summed E-state index contributed by atoms with van der Waals surface area (Å²) in [4.78, 5) is 14.3. The number of fused-ring (bicyclic) bond motifs is 1. The quantitative estimate of drug-likeness (QED) is 0.569. The molecule has 0 fully saturated rings. The van der Waals surface area contributed by atoms with E-state index in [2.05, 4.69) is 9.82 Å². The highest BCUT2D eigenvalue weighted by atomic mass is 32.2. The number of hydrogen-bond donors (Lipinski definition) is 1. The summed E-state index contributed by atoms with van der Waals surface area (Å²) in [5.74, 6) is 0.522. The molecule has 4 rings (SSSR count). The van der Waals surface area contributed by atoms with Crippen LogP contribution < -0.4 is 14.2 Å². The van der Waals surface area contributed by atoms with Crippen LogP contribution >= 0.6 is 0 Å². The van der Waals surface area contributed by atoms with Gasteiger partial charge in [-0.25, -0.2) is 13.1 Å². The van der Waals surface area contributed by atoms with Gasteiger partial charge in [0.1, 0.15) is 0 Å². The maximum Gasteiger partial charge on any atom is 0.241 e. The molecule has 10 heteroatoms. The molecule has 9 nitrogen and oxygen atoms in total. The molecule has 0 saturated heterocycles. The molecule has 2 aromatic carbocycles. The molecule has 0 unspecified atom stereocenters. The summed E-state index contributed by atoms with van der Waals surface area (Å²) in [7, 11) is -2.31. The van der Waals surface area contributed by atoms with Crippen LogP contribution in [0.1, 0.15) is 18.9 Å². The molecular weight excluding hydrogens is 444 g/mol. The summed E-state index contributed by atoms with van der Waals surface area (Å²) in [6, 6.07) is 13.1. The first kappa shape index (κ1) is 22.8. The molecule has 1 aliphatic heterocycles. The Labute approximate surface area is 193 Å². The van der Waals surface area contributed by atoms with Crippen LogP contribution in [0.2, 0.25) is 0 Å². The van der Waals surface area contributed by atoms with Gasteiger partial charge in [0, 0.05) is 37.8 Å². The zero-order valence-electron chi connectivity index (χ0n) is 18.5. The molecule has 1 N–H and O–H groups in total. The molecule has 0 radical (unpaired) electrons. The minimum Gasteiger partial charge on any atom is -0.490 e. The zero-order chi connectivity index (χ0) is 23.4. The van der Waals surface area contributed by atoms with E-state index in [1.807, 2.05) is 36.5 Å². The molecule has 2 heterocycles. The van der Waals surface area contributed by atoms with Crippen molar-refractivity contribution in [3.63, 3.8) is 0 Å². The van der Waals surface area contributed by atoms with Gasteiger partial charge in [-0.2, -0.15) is 9.82 Å². The first-order valence-corrected chi connectivity index (χ1v) is 12.1. The lowest BCUT2D eigenvalue weighted by Gasteiger charge is -2.21. The van der Waals surface area contributed by atoms with Gasteiger partial charge in [-0.3, -0.25) is 4.79 Å². The Morgan fingerprint density at radius 3 is 2.64 bits per heavy atom. The molecule has 1 aromatic heterocycles. The number of rotatable bonds is 7. The van der Waals surface area contributed by atoms with Gasteiger partial charge in [0.05, 0.1) is 36.0 Å². The molecule has 33 heavy (non-hydrogen) atoms. The van der Waals surface area contributed by atoms with Crippen LogP contribution in [0.4, 0.5) is 0 Å². The van der Waals surface area contributed by atoms with Crippen LogP contribution in [0.15, 0.2) is 65.8 Å². The molecule has 1 amide bonds. The topological polar surface area (TPSA) is 103 Å². The van der Waals surface area contributed by atoms with Crippen LogP contribution in [0.5, 0.6) is 11.5 Å². The average Bonchev–Trinajstić information content (AvgIpc) is 3.14. The highest BCUT2D eigenvalue weighted by Crippen LogP contribution is 2.31. The van der Waals surface area contributed by atoms with Crippen LogP contribution in [0, 0.1) is 0 Å². The number of nitrogens with one attached hydrogen (secondary N) is 1. The second kappa shape index (κ2) is 9.63. The Hall–Kier alpha value is -3.37. The lowest BCUT2D eigenvalue weighted by atomic mass is 10.2. The number of amides is 1. The first-order chi connectivity index (χ1) is 15.8. The van der Waals surface area contributed by atoms with Gasteiger partial charge in [0.2, 0.25) is 15.9 Å². The van der Waals surface area contributed by atoms with Crippen LogP contribution in [-0.2, 0) is 21.4 Å². The maximum absolute atomic E-state index is 12.9. The lowest BCUT2D eigenvalue weighted by Crippen LogP contribution is -2.45. The molecule has 3 aromatic rings. The number of ether oxygens (including phenoxy) is 2. The van der Waals surface area contributed by atoms with Gasteiger partial charge in [0.15, 0.2) is 11.5 Å². The summed E-state index contributed by atoms with van der Waals surface area (Å²) in [6.45, 7) is 2.78. The van der Waals surface area contributed by atoms with E-state index < -0.39 is 16.1 Å². The lowest BCUT2D eigenvalue weighted by molar-refractivity contribution is -0.131. The van der Waals surface area contributed by atoms with E-state index in [0.29, 0.717) is 31.3 Å². The smallest absolute Gasteiger partial charge is 0.241 e. The molecule has 174 valence electrons. The second-order valence-corrected chi connectivity index (χ2v) is 9.54. The minimum atomic E-state index is -3.94. The molecule has 1 aliphatic rings. The van der Waals surface area contributed by atoms with E-state index in [1.165, 1.54) is 24.0 Å². The van der Waals surface area contributed by atoms with Crippen LogP contribution in [0.3, 0.4) is 0 Å². The number of hydrogen-bond acceptors (Lipinski definition) is 6. The number of carbonyl (C=O) groups is 1. The number of carbonyl (C=O) groups excluding carboxylic acids is 1. The number of benzene rings is 2. The highest BCUT2D eigenvalue weighted by molar-refractivity contribution is 7.89. The molecular formula is C23H26N4O5S. The van der Waals surface area contributed by atoms with Gasteiger partial charge < -0.3 is 14.4 Å². The summed E-state index contributed by atoms with van der Waals surface area (Å²) in [6.07, 6.45) is 4.24. The van der Waals surface area contributed by atoms with Gasteiger partial charge in [-0.1, -0.05) is 18.2 Å². The van der Waals surface area contributed by atoms with Crippen molar-refractivity contribution < 1.29 is 22.7 Å². The van der Waals surface area contributed by atoms with E-state index in [9.17, 15) is 13.2 Å². The Morgan fingerprint density at radius 1 is 1.15 bits per heavy atom. The van der Waals surface area contributed by atoms with Crippen molar-refractivity contribution >= 4 is 15.9 Å². The third-order valence-corrected chi connectivity index (χ3v) is 6.72. The molecule has 1 atom stereocenters. The number of sulfonamides is 1. The van der Waals surface area contributed by atoms with Gasteiger partial charge in [0.25, 0.3) is 0 Å². The Morgan fingerprint density at radius 2 is 1.88 bits per heavy atom. The number of likely N-dealkylation sites (N-methyl/N-ethyl adjacent to an activating group) is 1. The normalized spacial score (nSPS) is 14.4. The molecule has 0 bridgehead atoms. The number of aromatic nitrogens is 2. The van der Waals surface area contributed by atoms with Crippen molar-refractivity contribution in [2.24, 2.45) is 0 Å². The van der Waals surface area contributed by atoms with Gasteiger partial charge in [-0.15, -0.1) is 0 Å². The monoisotopic (exact) mass is 470 g/mol. The minimum absolute atomic E-state index is 0.0122. The van der Waals surface area contributed by atoms with E-state index in [4.69, 9.17) is 9.47 Å². The predicted molar refractivity (Wildman–Crippen MR) is 122 cm³/mol. The Balaban J connectivity index is 1.40. The van der Waals surface area contributed by atoms with E-state index in [1.54, 1.807) is 24.0 Å². The largest absolute Gasteiger partial charge is 0.490 e. The van der Waals surface area contributed by atoms with Gasteiger partial charge in [-0.05, 0) is 31.2 Å². The fraction of sp³-hybridized carbons (Fsp3) is 0.304. The van der Waals surface area contributed by atoms with Crippen molar-refractivity contribution in [3.8, 4) is 17.2 Å². The third kappa shape index (κ3) is 5.35. The van der Waals surface area contributed by atoms with E-state index in [-0.39, 0.29) is 10.8 Å². The number of nitrogens with zero attached hydrogens (tertiary/aromatic N) is 3. The van der Waals surface area contributed by atoms with Crippen LogP contribution in [0.25, 0.3) is 5.69 Å². The summed E-state index contributed by atoms with van der Waals surface area (Å²) in [5.41, 5.74) is 1.74. The van der Waals surface area contributed by atoms with Crippen LogP contribution in [-0.4, -0.2) is 55.3 Å². The van der Waals surface area contributed by atoms with Crippen molar-refractivity contribution in [1.82, 2.24) is 19.4 Å². The zero-order valence-corrected chi connectivity index (χ0v) is 19.3. The highest BCUT2D eigenvalue weighted by Gasteiger charge is 2.26. The van der Waals surface area contributed by atoms with Crippen molar-refractivity contribution in [2.75, 3.05) is 20.3 Å². The standard InChI is InChI=1S/C23H26N4O5S/c1-17(25-33(29,30)20-9-10-21-22(13-20)32-12-6-11-31-21)23(28)26(2)15-18-14-24-27(16-18)19-7-4-3-5-8-19/h3-5,7-10,13-14,16-17,25H,6,11-12,15H2,1-2H3/t17-/m0/s1. The third-order valence-electron chi connectivity index (χ3n) is 5.18. The van der Waals surface area contributed by atoms with Gasteiger partial charge >= 0.3 is 0 Å². The van der Waals surface area contributed by atoms with Crippen molar-refractivity contribution in [3.05, 3.63) is 66.5 Å². The predicted octanol–water partition coefficient (Wildman–Crippen LogP) is 2.36. The number of para-hydroxylation sites is 1. The second-order valence-electron chi connectivity index (χ2n) is 7.82. The maximum atomic E-state index is 12.9. The molecule has 0 aliphatic carbocycles. The van der Waals surface area contributed by atoms with E-state index in [0.717, 1.165) is 17.7 Å². The molecule has 0 saturated carbocycles. The summed E-state index contributed by atoms with van der Waals surface area (Å²) in [5, 5.41) is 4.33. The first-order valence-electron chi connectivity index (χ1n) is 10.6. The molecule has 0 spiro atoms. The summed E-state index contributed by atoms with van der Waals surface area (Å²) < 4.78 is 41.0.